The summed E-state index contributed by atoms with van der Waals surface area (Å²) in [6.45, 7) is 3.23. The van der Waals surface area contributed by atoms with E-state index in [1.807, 2.05) is 6.92 Å². The summed E-state index contributed by atoms with van der Waals surface area (Å²) in [7, 11) is 0. The SMILES string of the molecule is CC1(C(=O)Nc2ccc(C(F)(F)F)cc2Cl)CCCNC1. The average molecular weight is 321 g/mol. The number of benzene rings is 1. The lowest BCUT2D eigenvalue weighted by atomic mass is 9.82. The largest absolute Gasteiger partial charge is 0.416 e. The molecule has 1 aromatic rings. The Labute approximate surface area is 125 Å². The van der Waals surface area contributed by atoms with Crippen LogP contribution in [0.5, 0.6) is 0 Å². The molecule has 1 fully saturated rings. The monoisotopic (exact) mass is 320 g/mol. The molecule has 0 bridgehead atoms. The molecule has 0 saturated carbocycles. The number of carbonyl (C=O) groups excluding carboxylic acids is 1. The maximum Gasteiger partial charge on any atom is 0.416 e. The lowest BCUT2D eigenvalue weighted by molar-refractivity contribution is -0.137. The normalized spacial score (nSPS) is 22.9. The second-order valence-electron chi connectivity index (χ2n) is 5.49. The second kappa shape index (κ2) is 5.85. The van der Waals surface area contributed by atoms with E-state index in [9.17, 15) is 18.0 Å². The number of halogens is 4. The first-order valence-corrected chi connectivity index (χ1v) is 6.99. The molecule has 0 spiro atoms. The van der Waals surface area contributed by atoms with Gasteiger partial charge in [0.15, 0.2) is 0 Å². The van der Waals surface area contributed by atoms with Gasteiger partial charge in [0, 0.05) is 6.54 Å². The zero-order chi connectivity index (χ0) is 15.7. The maximum absolute atomic E-state index is 12.6. The molecule has 21 heavy (non-hydrogen) atoms. The minimum Gasteiger partial charge on any atom is -0.324 e. The number of carbonyl (C=O) groups is 1. The second-order valence-corrected chi connectivity index (χ2v) is 5.89. The molecule has 1 amide bonds. The Morgan fingerprint density at radius 1 is 1.43 bits per heavy atom. The molecule has 0 aromatic heterocycles. The fraction of sp³-hybridized carbons (Fsp3) is 0.500. The fourth-order valence-corrected chi connectivity index (χ4v) is 2.54. The number of alkyl halides is 3. The quantitative estimate of drug-likeness (QED) is 0.872. The Balaban J connectivity index is 2.14. The van der Waals surface area contributed by atoms with Crippen molar-refractivity contribution in [3.05, 3.63) is 28.8 Å². The van der Waals surface area contributed by atoms with E-state index >= 15 is 0 Å². The molecule has 0 radical (unpaired) electrons. The zero-order valence-corrected chi connectivity index (χ0v) is 12.2. The number of hydrogen-bond acceptors (Lipinski definition) is 2. The third-order valence-electron chi connectivity index (χ3n) is 3.69. The van der Waals surface area contributed by atoms with Crippen LogP contribution in [0.25, 0.3) is 0 Å². The van der Waals surface area contributed by atoms with Gasteiger partial charge in [-0.3, -0.25) is 4.79 Å². The summed E-state index contributed by atoms with van der Waals surface area (Å²) < 4.78 is 37.7. The van der Waals surface area contributed by atoms with Gasteiger partial charge in [0.25, 0.3) is 0 Å². The molecular formula is C14H16ClF3N2O. The van der Waals surface area contributed by atoms with E-state index in [4.69, 9.17) is 11.6 Å². The van der Waals surface area contributed by atoms with Crippen molar-refractivity contribution < 1.29 is 18.0 Å². The lowest BCUT2D eigenvalue weighted by Crippen LogP contribution is -2.46. The smallest absolute Gasteiger partial charge is 0.324 e. The van der Waals surface area contributed by atoms with Crippen LogP contribution in [0, 0.1) is 5.41 Å². The number of rotatable bonds is 2. The molecule has 2 rings (SSSR count). The van der Waals surface area contributed by atoms with E-state index < -0.39 is 17.2 Å². The molecule has 0 aliphatic carbocycles. The van der Waals surface area contributed by atoms with Crippen LogP contribution in [-0.2, 0) is 11.0 Å². The summed E-state index contributed by atoms with van der Waals surface area (Å²) in [5, 5.41) is 5.64. The topological polar surface area (TPSA) is 41.1 Å². The number of piperidine rings is 1. The van der Waals surface area contributed by atoms with E-state index in [-0.39, 0.29) is 16.6 Å². The van der Waals surface area contributed by atoms with Gasteiger partial charge in [0.05, 0.1) is 21.7 Å². The molecule has 7 heteroatoms. The van der Waals surface area contributed by atoms with Gasteiger partial charge in [0.2, 0.25) is 5.91 Å². The molecule has 1 saturated heterocycles. The van der Waals surface area contributed by atoms with E-state index in [1.54, 1.807) is 0 Å². The Morgan fingerprint density at radius 2 is 2.14 bits per heavy atom. The van der Waals surface area contributed by atoms with Crippen LogP contribution in [0.1, 0.15) is 25.3 Å². The van der Waals surface area contributed by atoms with Gasteiger partial charge < -0.3 is 10.6 Å². The molecule has 2 N–H and O–H groups in total. The van der Waals surface area contributed by atoms with Gasteiger partial charge in [-0.15, -0.1) is 0 Å². The molecule has 1 aliphatic heterocycles. The Morgan fingerprint density at radius 3 is 2.67 bits per heavy atom. The van der Waals surface area contributed by atoms with E-state index in [1.165, 1.54) is 6.07 Å². The average Bonchev–Trinajstić information content (AvgIpc) is 2.40. The highest BCUT2D eigenvalue weighted by molar-refractivity contribution is 6.33. The fourth-order valence-electron chi connectivity index (χ4n) is 2.32. The zero-order valence-electron chi connectivity index (χ0n) is 11.5. The number of anilines is 1. The van der Waals surface area contributed by atoms with E-state index in [0.717, 1.165) is 31.5 Å². The van der Waals surface area contributed by atoms with Crippen LogP contribution in [-0.4, -0.2) is 19.0 Å². The molecule has 1 aromatic carbocycles. The third-order valence-corrected chi connectivity index (χ3v) is 4.00. The van der Waals surface area contributed by atoms with Crippen molar-refractivity contribution in [2.45, 2.75) is 25.9 Å². The van der Waals surface area contributed by atoms with Gasteiger partial charge in [-0.05, 0) is 44.5 Å². The summed E-state index contributed by atoms with van der Waals surface area (Å²) in [5.74, 6) is -0.239. The minimum absolute atomic E-state index is 0.120. The molecule has 116 valence electrons. The van der Waals surface area contributed by atoms with Crippen molar-refractivity contribution in [3.63, 3.8) is 0 Å². The first kappa shape index (κ1) is 16.1. The lowest BCUT2D eigenvalue weighted by Gasteiger charge is -2.32. The first-order valence-electron chi connectivity index (χ1n) is 6.61. The summed E-state index contributed by atoms with van der Waals surface area (Å²) in [5.41, 5.74) is -1.22. The van der Waals surface area contributed by atoms with Crippen molar-refractivity contribution in [1.82, 2.24) is 5.32 Å². The third kappa shape index (κ3) is 3.68. The van der Waals surface area contributed by atoms with Crippen molar-refractivity contribution >= 4 is 23.2 Å². The van der Waals surface area contributed by atoms with Crippen LogP contribution >= 0.6 is 11.6 Å². The summed E-state index contributed by atoms with van der Waals surface area (Å²) >= 11 is 5.83. The Hall–Kier alpha value is -1.27. The Bertz CT molecular complexity index is 540. The maximum atomic E-state index is 12.6. The molecule has 3 nitrogen and oxygen atoms in total. The number of nitrogens with one attached hydrogen (secondary N) is 2. The Kier molecular flexibility index (Phi) is 4.49. The molecular weight excluding hydrogens is 305 g/mol. The van der Waals surface area contributed by atoms with Crippen molar-refractivity contribution in [1.29, 1.82) is 0 Å². The highest BCUT2D eigenvalue weighted by Gasteiger charge is 2.35. The summed E-state index contributed by atoms with van der Waals surface area (Å²) in [4.78, 5) is 12.3. The first-order chi connectivity index (χ1) is 9.72. The van der Waals surface area contributed by atoms with Gasteiger partial charge in [-0.25, -0.2) is 0 Å². The number of hydrogen-bond donors (Lipinski definition) is 2. The van der Waals surface area contributed by atoms with Crippen LogP contribution < -0.4 is 10.6 Å². The molecule has 1 heterocycles. The van der Waals surface area contributed by atoms with Crippen LogP contribution in [0.2, 0.25) is 5.02 Å². The summed E-state index contributed by atoms with van der Waals surface area (Å²) in [6, 6.07) is 2.91. The van der Waals surface area contributed by atoms with Gasteiger partial charge in [-0.2, -0.15) is 13.2 Å². The highest BCUT2D eigenvalue weighted by Crippen LogP contribution is 2.35. The van der Waals surface area contributed by atoms with Crippen LogP contribution in [0.15, 0.2) is 18.2 Å². The molecule has 1 unspecified atom stereocenters. The summed E-state index contributed by atoms with van der Waals surface area (Å²) in [6.07, 6.45) is -2.85. The van der Waals surface area contributed by atoms with Gasteiger partial charge in [0.1, 0.15) is 0 Å². The van der Waals surface area contributed by atoms with Gasteiger partial charge >= 0.3 is 6.18 Å². The van der Waals surface area contributed by atoms with Crippen molar-refractivity contribution in [2.24, 2.45) is 5.41 Å². The van der Waals surface area contributed by atoms with Crippen LogP contribution in [0.4, 0.5) is 18.9 Å². The molecule has 1 atom stereocenters. The standard InChI is InChI=1S/C14H16ClF3N2O/c1-13(5-2-6-19-8-13)12(21)20-11-4-3-9(7-10(11)15)14(16,17)18/h3-4,7,19H,2,5-6,8H2,1H3,(H,20,21). The van der Waals surface area contributed by atoms with Crippen LogP contribution in [0.3, 0.4) is 0 Å². The van der Waals surface area contributed by atoms with E-state index in [0.29, 0.717) is 6.54 Å². The van der Waals surface area contributed by atoms with Gasteiger partial charge in [-0.1, -0.05) is 11.6 Å². The predicted octanol–water partition coefficient (Wildman–Crippen LogP) is 3.69. The highest BCUT2D eigenvalue weighted by atomic mass is 35.5. The van der Waals surface area contributed by atoms with E-state index in [2.05, 4.69) is 10.6 Å². The van der Waals surface area contributed by atoms with Crippen molar-refractivity contribution in [3.8, 4) is 0 Å². The van der Waals surface area contributed by atoms with Crippen molar-refractivity contribution in [2.75, 3.05) is 18.4 Å². The predicted molar refractivity (Wildman–Crippen MR) is 75.3 cm³/mol. The minimum atomic E-state index is -4.45. The number of amides is 1. The molecule has 1 aliphatic rings.